The van der Waals surface area contributed by atoms with Crippen LogP contribution in [0.15, 0.2) is 96.3 Å². The quantitative estimate of drug-likeness (QED) is 0.189. The Balaban J connectivity index is 1.53. The third-order valence-electron chi connectivity index (χ3n) is 5.50. The zero-order valence-electron chi connectivity index (χ0n) is 19.5. The largest absolute Gasteiger partial charge is 0.345 e. The molecule has 4 aromatic rings. The van der Waals surface area contributed by atoms with Gasteiger partial charge in [-0.15, -0.1) is 0 Å². The fourth-order valence-corrected chi connectivity index (χ4v) is 4.47. The minimum atomic E-state index is -0.616. The number of benzene rings is 3. The summed E-state index contributed by atoms with van der Waals surface area (Å²) in [5.74, 6) is -0.344. The normalized spacial score (nSPS) is 11.6. The number of thioether (sulfide) groups is 1. The number of nitrogens with zero attached hydrogens (tertiary/aromatic N) is 3. The van der Waals surface area contributed by atoms with Crippen LogP contribution >= 0.6 is 11.8 Å². The van der Waals surface area contributed by atoms with Gasteiger partial charge in [0.2, 0.25) is 5.91 Å². The molecule has 0 saturated heterocycles. The maximum Gasteiger partial charge on any atom is 0.270 e. The van der Waals surface area contributed by atoms with Gasteiger partial charge in [0.1, 0.15) is 0 Å². The molecule has 36 heavy (non-hydrogen) atoms. The molecule has 8 nitrogen and oxygen atoms in total. The van der Waals surface area contributed by atoms with Crippen LogP contribution < -0.4 is 5.32 Å². The number of hydrogen-bond donors (Lipinski definition) is 1. The van der Waals surface area contributed by atoms with Crippen molar-refractivity contribution in [3.8, 4) is 16.9 Å². The fraction of sp³-hybridized carbons (Fsp3) is 0.148. The van der Waals surface area contributed by atoms with Crippen molar-refractivity contribution in [1.82, 2.24) is 14.9 Å². The van der Waals surface area contributed by atoms with Crippen molar-refractivity contribution in [3.63, 3.8) is 0 Å². The number of rotatable bonds is 10. The van der Waals surface area contributed by atoms with Crippen LogP contribution in [0.4, 0.5) is 5.69 Å². The van der Waals surface area contributed by atoms with E-state index < -0.39 is 11.0 Å². The van der Waals surface area contributed by atoms with Gasteiger partial charge in [0.15, 0.2) is 10.9 Å². The summed E-state index contributed by atoms with van der Waals surface area (Å²) in [6.45, 7) is 1.47. The van der Waals surface area contributed by atoms with Crippen LogP contribution in [0.2, 0.25) is 0 Å². The summed E-state index contributed by atoms with van der Waals surface area (Å²) in [5, 5.41) is 14.6. The third kappa shape index (κ3) is 6.25. The predicted molar refractivity (Wildman–Crippen MR) is 139 cm³/mol. The molecule has 4 rings (SSSR count). The number of nitro benzene ring substituents is 1. The lowest BCUT2D eigenvalue weighted by Crippen LogP contribution is -2.42. The standard InChI is InChI=1S/C27H24N4O4S/c1-19(32)24(15-20-9-4-2-5-10-20)28-26(33)18-36-27-29-25(17-30(27)22-12-6-3-7-13-22)21-11-8-14-23(16-21)31(34)35/h2-14,16-17,24H,15,18H2,1H3,(H,28,33). The van der Waals surface area contributed by atoms with E-state index in [0.29, 0.717) is 22.8 Å². The molecule has 1 atom stereocenters. The number of nitrogens with one attached hydrogen (secondary N) is 1. The van der Waals surface area contributed by atoms with Gasteiger partial charge < -0.3 is 5.32 Å². The lowest BCUT2D eigenvalue weighted by molar-refractivity contribution is -0.384. The Labute approximate surface area is 212 Å². The van der Waals surface area contributed by atoms with Crippen LogP contribution in [0.1, 0.15) is 12.5 Å². The average molecular weight is 501 g/mol. The molecule has 3 aromatic carbocycles. The van der Waals surface area contributed by atoms with Gasteiger partial charge in [-0.1, -0.05) is 72.4 Å². The third-order valence-corrected chi connectivity index (χ3v) is 6.45. The smallest absolute Gasteiger partial charge is 0.270 e. The number of imidazole rings is 1. The molecule has 1 amide bonds. The number of carbonyl (C=O) groups is 2. The van der Waals surface area contributed by atoms with Gasteiger partial charge in [0, 0.05) is 29.6 Å². The molecule has 0 radical (unpaired) electrons. The highest BCUT2D eigenvalue weighted by molar-refractivity contribution is 7.99. The maximum atomic E-state index is 12.8. The van der Waals surface area contributed by atoms with Crippen molar-refractivity contribution in [1.29, 1.82) is 0 Å². The summed E-state index contributed by atoms with van der Waals surface area (Å²) in [6.07, 6.45) is 2.21. The molecule has 0 bridgehead atoms. The van der Waals surface area contributed by atoms with Crippen LogP contribution in [0.5, 0.6) is 0 Å². The first-order chi connectivity index (χ1) is 17.4. The van der Waals surface area contributed by atoms with E-state index in [1.54, 1.807) is 18.3 Å². The van der Waals surface area contributed by atoms with E-state index in [4.69, 9.17) is 0 Å². The zero-order chi connectivity index (χ0) is 25.5. The highest BCUT2D eigenvalue weighted by atomic mass is 32.2. The van der Waals surface area contributed by atoms with Crippen molar-refractivity contribution < 1.29 is 14.5 Å². The lowest BCUT2D eigenvalue weighted by atomic mass is 10.0. The molecule has 1 aromatic heterocycles. The van der Waals surface area contributed by atoms with Crippen LogP contribution in [0, 0.1) is 10.1 Å². The van der Waals surface area contributed by atoms with E-state index in [9.17, 15) is 19.7 Å². The minimum Gasteiger partial charge on any atom is -0.345 e. The number of para-hydroxylation sites is 1. The molecule has 0 aliphatic rings. The van der Waals surface area contributed by atoms with Gasteiger partial charge >= 0.3 is 0 Å². The summed E-state index contributed by atoms with van der Waals surface area (Å²) in [6, 6.07) is 24.7. The van der Waals surface area contributed by atoms with Crippen molar-refractivity contribution in [2.24, 2.45) is 0 Å². The highest BCUT2D eigenvalue weighted by Crippen LogP contribution is 2.29. The summed E-state index contributed by atoms with van der Waals surface area (Å²) >= 11 is 1.23. The SMILES string of the molecule is CC(=O)C(Cc1ccccc1)NC(=O)CSc1nc(-c2cccc([N+](=O)[O-])c2)cn1-c1ccccc1. The summed E-state index contributed by atoms with van der Waals surface area (Å²) < 4.78 is 1.85. The number of non-ortho nitro benzene ring substituents is 1. The Morgan fingerprint density at radius 2 is 1.72 bits per heavy atom. The monoisotopic (exact) mass is 500 g/mol. The van der Waals surface area contributed by atoms with Gasteiger partial charge in [0.25, 0.3) is 5.69 Å². The van der Waals surface area contributed by atoms with Crippen molar-refractivity contribution in [2.45, 2.75) is 24.5 Å². The Hall–Kier alpha value is -4.24. The van der Waals surface area contributed by atoms with Crippen LogP contribution in [-0.4, -0.2) is 38.0 Å². The van der Waals surface area contributed by atoms with E-state index in [0.717, 1.165) is 11.3 Å². The van der Waals surface area contributed by atoms with E-state index in [2.05, 4.69) is 10.3 Å². The van der Waals surface area contributed by atoms with Crippen LogP contribution in [-0.2, 0) is 16.0 Å². The molecule has 1 N–H and O–H groups in total. The highest BCUT2D eigenvalue weighted by Gasteiger charge is 2.20. The number of nitro groups is 1. The zero-order valence-corrected chi connectivity index (χ0v) is 20.4. The van der Waals surface area contributed by atoms with E-state index in [-0.39, 0.29) is 23.1 Å². The van der Waals surface area contributed by atoms with E-state index in [1.807, 2.05) is 65.2 Å². The van der Waals surface area contributed by atoms with Crippen molar-refractivity contribution >= 4 is 29.1 Å². The molecule has 182 valence electrons. The Morgan fingerprint density at radius 3 is 2.39 bits per heavy atom. The second kappa shape index (κ2) is 11.5. The van der Waals surface area contributed by atoms with Crippen LogP contribution in [0.3, 0.4) is 0 Å². The van der Waals surface area contributed by atoms with Gasteiger partial charge in [-0.05, 0) is 31.0 Å². The second-order valence-corrected chi connectivity index (χ2v) is 9.07. The van der Waals surface area contributed by atoms with E-state index >= 15 is 0 Å². The van der Waals surface area contributed by atoms with Crippen LogP contribution in [0.25, 0.3) is 16.9 Å². The molecule has 0 aliphatic heterocycles. The maximum absolute atomic E-state index is 12.8. The molecule has 0 saturated carbocycles. The number of hydrogen-bond acceptors (Lipinski definition) is 6. The lowest BCUT2D eigenvalue weighted by Gasteiger charge is -2.16. The summed E-state index contributed by atoms with van der Waals surface area (Å²) in [4.78, 5) is 40.4. The van der Waals surface area contributed by atoms with Gasteiger partial charge in [-0.3, -0.25) is 24.3 Å². The first-order valence-electron chi connectivity index (χ1n) is 11.3. The van der Waals surface area contributed by atoms with Crippen molar-refractivity contribution in [2.75, 3.05) is 5.75 Å². The van der Waals surface area contributed by atoms with E-state index in [1.165, 1.54) is 30.8 Å². The topological polar surface area (TPSA) is 107 Å². The van der Waals surface area contributed by atoms with Gasteiger partial charge in [-0.25, -0.2) is 4.98 Å². The number of ketones is 1. The fourth-order valence-electron chi connectivity index (χ4n) is 3.67. The Kier molecular flexibility index (Phi) is 7.92. The second-order valence-electron chi connectivity index (χ2n) is 8.13. The minimum absolute atomic E-state index is 0.0240. The predicted octanol–water partition coefficient (Wildman–Crippen LogP) is 4.86. The molecule has 0 aliphatic carbocycles. The Morgan fingerprint density at radius 1 is 1.03 bits per heavy atom. The molecule has 1 unspecified atom stereocenters. The summed E-state index contributed by atoms with van der Waals surface area (Å²) in [5.41, 5.74) is 2.94. The Bertz CT molecular complexity index is 1370. The average Bonchev–Trinajstić information content (AvgIpc) is 3.32. The number of carbonyl (C=O) groups excluding carboxylic acids is 2. The number of amides is 1. The molecule has 9 heteroatoms. The number of aromatic nitrogens is 2. The molecule has 0 fully saturated rings. The first-order valence-corrected chi connectivity index (χ1v) is 12.3. The number of Topliss-reactive ketones (excluding diaryl/α,β-unsaturated/α-hetero) is 1. The van der Waals surface area contributed by atoms with Gasteiger partial charge in [-0.2, -0.15) is 0 Å². The first kappa shape index (κ1) is 24.9. The molecule has 0 spiro atoms. The van der Waals surface area contributed by atoms with Crippen molar-refractivity contribution in [3.05, 3.63) is 107 Å². The molecular formula is C27H24N4O4S. The molecular weight excluding hydrogens is 476 g/mol. The molecule has 1 heterocycles. The summed E-state index contributed by atoms with van der Waals surface area (Å²) in [7, 11) is 0. The van der Waals surface area contributed by atoms with Gasteiger partial charge in [0.05, 0.1) is 22.4 Å².